The average molecular weight is 462 g/mol. The molecule has 0 atom stereocenters. The maximum absolute atomic E-state index is 14.1. The first-order chi connectivity index (χ1) is 16.4. The van der Waals surface area contributed by atoms with Crippen molar-refractivity contribution in [1.29, 1.82) is 0 Å². The highest BCUT2D eigenvalue weighted by Crippen LogP contribution is 2.42. The number of carbonyl (C=O) groups is 1. The quantitative estimate of drug-likeness (QED) is 0.558. The fraction of sp³-hybridized carbons (Fsp3) is 0.222. The van der Waals surface area contributed by atoms with Crippen molar-refractivity contribution in [2.24, 2.45) is 0 Å². The molecule has 0 bridgehead atoms. The van der Waals surface area contributed by atoms with Crippen molar-refractivity contribution < 1.29 is 23.4 Å². The Bertz CT molecular complexity index is 1280. The van der Waals surface area contributed by atoms with E-state index in [1.54, 1.807) is 43.3 Å². The number of aromatic hydroxyl groups is 1. The molecule has 3 aromatic carbocycles. The van der Waals surface area contributed by atoms with Crippen LogP contribution in [-0.4, -0.2) is 42.0 Å². The van der Waals surface area contributed by atoms with Crippen LogP contribution in [0.15, 0.2) is 60.4 Å². The summed E-state index contributed by atoms with van der Waals surface area (Å²) in [5, 5.41) is 10.7. The first-order valence-corrected chi connectivity index (χ1v) is 11.2. The number of carbonyl (C=O) groups excluding carboxylic acids is 1. The monoisotopic (exact) mass is 462 g/mol. The molecule has 1 fully saturated rings. The molecule has 174 valence electrons. The number of phenols is 1. The predicted octanol–water partition coefficient (Wildman–Crippen LogP) is 4.92. The number of phenolic OH excluding ortho intramolecular Hbond substituents is 1. The number of nitrogens with zero attached hydrogens (tertiary/aromatic N) is 2. The Balaban J connectivity index is 1.36. The number of ketones is 1. The van der Waals surface area contributed by atoms with Gasteiger partial charge in [0.05, 0.1) is 11.1 Å². The van der Waals surface area contributed by atoms with Crippen molar-refractivity contribution in [3.63, 3.8) is 0 Å². The van der Waals surface area contributed by atoms with E-state index < -0.39 is 5.82 Å². The molecule has 0 spiro atoms. The Kier molecular flexibility index (Phi) is 5.79. The lowest BCUT2D eigenvalue weighted by Gasteiger charge is -2.36. The second-order valence-corrected chi connectivity index (χ2v) is 8.60. The summed E-state index contributed by atoms with van der Waals surface area (Å²) in [6.07, 6.45) is 1.40. The van der Waals surface area contributed by atoms with Gasteiger partial charge in [-0.05, 0) is 55.0 Å². The van der Waals surface area contributed by atoms with E-state index in [9.17, 15) is 18.7 Å². The van der Waals surface area contributed by atoms with E-state index in [1.807, 2.05) is 0 Å². The predicted molar refractivity (Wildman–Crippen MR) is 126 cm³/mol. The van der Waals surface area contributed by atoms with Gasteiger partial charge in [0, 0.05) is 44.0 Å². The Morgan fingerprint density at radius 1 is 1.03 bits per heavy atom. The van der Waals surface area contributed by atoms with Gasteiger partial charge in [-0.1, -0.05) is 18.2 Å². The standard InChI is InChI=1S/C27H24F2N2O3/c1-17-14-23(32)21(16-30-10-12-31(13-11-30)20-8-6-19(28)7-9-20)27-25(17)26(33)24(34-27)15-18-4-2-3-5-22(18)29/h2-9,14-15,32H,10-13,16H2,1H3/b24-15-. The molecule has 7 heteroatoms. The van der Waals surface area contributed by atoms with E-state index in [0.29, 0.717) is 29.0 Å². The zero-order chi connectivity index (χ0) is 23.8. The number of Topliss-reactive ketones (excluding diaryl/α,β-unsaturated/α-hetero) is 1. The third-order valence-electron chi connectivity index (χ3n) is 6.36. The largest absolute Gasteiger partial charge is 0.507 e. The normalized spacial score (nSPS) is 17.2. The molecule has 2 aliphatic heterocycles. The molecule has 34 heavy (non-hydrogen) atoms. The number of piperazine rings is 1. The first-order valence-electron chi connectivity index (χ1n) is 11.2. The van der Waals surface area contributed by atoms with Crippen molar-refractivity contribution in [3.8, 4) is 11.5 Å². The number of rotatable bonds is 4. The lowest BCUT2D eigenvalue weighted by atomic mass is 9.99. The molecular formula is C27H24F2N2O3. The summed E-state index contributed by atoms with van der Waals surface area (Å²) in [7, 11) is 0. The maximum atomic E-state index is 14.1. The molecule has 1 N–H and O–H groups in total. The van der Waals surface area contributed by atoms with Crippen LogP contribution in [0.5, 0.6) is 11.5 Å². The van der Waals surface area contributed by atoms with Crippen molar-refractivity contribution in [3.05, 3.63) is 94.2 Å². The summed E-state index contributed by atoms with van der Waals surface area (Å²) in [5.41, 5.74) is 2.79. The molecule has 0 radical (unpaired) electrons. The van der Waals surface area contributed by atoms with Gasteiger partial charge in [-0.2, -0.15) is 0 Å². The first kappa shape index (κ1) is 22.1. The molecule has 2 aliphatic rings. The summed E-state index contributed by atoms with van der Waals surface area (Å²) in [4.78, 5) is 17.4. The zero-order valence-corrected chi connectivity index (χ0v) is 18.7. The lowest BCUT2D eigenvalue weighted by Crippen LogP contribution is -2.46. The Morgan fingerprint density at radius 2 is 1.74 bits per heavy atom. The molecule has 0 aliphatic carbocycles. The number of aryl methyl sites for hydroxylation is 1. The van der Waals surface area contributed by atoms with Gasteiger partial charge < -0.3 is 14.7 Å². The number of halogens is 2. The third-order valence-corrected chi connectivity index (χ3v) is 6.36. The number of allylic oxidation sites excluding steroid dienone is 1. The zero-order valence-electron chi connectivity index (χ0n) is 18.7. The number of anilines is 1. The van der Waals surface area contributed by atoms with Crippen molar-refractivity contribution >= 4 is 17.5 Å². The van der Waals surface area contributed by atoms with Gasteiger partial charge in [0.1, 0.15) is 23.1 Å². The number of hydrogen-bond donors (Lipinski definition) is 1. The minimum atomic E-state index is -0.443. The van der Waals surface area contributed by atoms with Crippen molar-refractivity contribution in [1.82, 2.24) is 4.90 Å². The van der Waals surface area contributed by atoms with Crippen LogP contribution in [0, 0.1) is 18.6 Å². The molecule has 2 heterocycles. The molecule has 0 aromatic heterocycles. The smallest absolute Gasteiger partial charge is 0.232 e. The van der Waals surface area contributed by atoms with Gasteiger partial charge in [-0.15, -0.1) is 0 Å². The summed E-state index contributed by atoms with van der Waals surface area (Å²) in [5.74, 6) is -0.581. The molecule has 1 saturated heterocycles. The second kappa shape index (κ2) is 8.91. The number of benzene rings is 3. The Morgan fingerprint density at radius 3 is 2.44 bits per heavy atom. The van der Waals surface area contributed by atoms with Crippen LogP contribution in [0.4, 0.5) is 14.5 Å². The van der Waals surface area contributed by atoms with E-state index in [-0.39, 0.29) is 28.7 Å². The molecule has 0 amide bonds. The number of hydrogen-bond acceptors (Lipinski definition) is 5. The minimum Gasteiger partial charge on any atom is -0.507 e. The van der Waals surface area contributed by atoms with E-state index in [4.69, 9.17) is 4.74 Å². The third kappa shape index (κ3) is 4.15. The summed E-state index contributed by atoms with van der Waals surface area (Å²) in [6.45, 7) is 5.11. The Labute approximate surface area is 196 Å². The lowest BCUT2D eigenvalue weighted by molar-refractivity contribution is 0.101. The highest BCUT2D eigenvalue weighted by molar-refractivity contribution is 6.15. The van der Waals surface area contributed by atoms with Crippen LogP contribution in [0.1, 0.15) is 27.0 Å². The maximum Gasteiger partial charge on any atom is 0.232 e. The van der Waals surface area contributed by atoms with E-state index in [2.05, 4.69) is 9.80 Å². The fourth-order valence-electron chi connectivity index (χ4n) is 4.51. The summed E-state index contributed by atoms with van der Waals surface area (Å²) < 4.78 is 33.3. The second-order valence-electron chi connectivity index (χ2n) is 8.60. The van der Waals surface area contributed by atoms with Gasteiger partial charge >= 0.3 is 0 Å². The highest BCUT2D eigenvalue weighted by atomic mass is 19.1. The molecule has 5 nitrogen and oxygen atoms in total. The van der Waals surface area contributed by atoms with E-state index >= 15 is 0 Å². The van der Waals surface area contributed by atoms with Gasteiger partial charge in [0.25, 0.3) is 0 Å². The van der Waals surface area contributed by atoms with Crippen molar-refractivity contribution in [2.75, 3.05) is 31.1 Å². The van der Waals surface area contributed by atoms with Crippen LogP contribution in [-0.2, 0) is 6.54 Å². The molecular weight excluding hydrogens is 438 g/mol. The van der Waals surface area contributed by atoms with E-state index in [1.165, 1.54) is 24.3 Å². The molecule has 5 rings (SSSR count). The average Bonchev–Trinajstić information content (AvgIpc) is 3.15. The Hall–Kier alpha value is -3.71. The van der Waals surface area contributed by atoms with Crippen LogP contribution < -0.4 is 9.64 Å². The van der Waals surface area contributed by atoms with Gasteiger partial charge in [-0.3, -0.25) is 9.69 Å². The number of ether oxygens (including phenoxy) is 1. The van der Waals surface area contributed by atoms with Crippen LogP contribution in [0.25, 0.3) is 6.08 Å². The van der Waals surface area contributed by atoms with Gasteiger partial charge in [0.2, 0.25) is 5.78 Å². The highest BCUT2D eigenvalue weighted by Gasteiger charge is 2.34. The SMILES string of the molecule is Cc1cc(O)c(CN2CCN(c3ccc(F)cc3)CC2)c2c1C(=O)/C(=C/c1ccccc1F)O2. The number of fused-ring (bicyclic) bond motifs is 1. The van der Waals surface area contributed by atoms with Crippen LogP contribution in [0.3, 0.4) is 0 Å². The van der Waals surface area contributed by atoms with Crippen LogP contribution in [0.2, 0.25) is 0 Å². The fourth-order valence-corrected chi connectivity index (χ4v) is 4.51. The molecule has 0 unspecified atom stereocenters. The summed E-state index contributed by atoms with van der Waals surface area (Å²) in [6, 6.07) is 14.2. The van der Waals surface area contributed by atoms with Crippen LogP contribution >= 0.6 is 0 Å². The molecule has 3 aromatic rings. The molecule has 0 saturated carbocycles. The van der Waals surface area contributed by atoms with Gasteiger partial charge in [-0.25, -0.2) is 8.78 Å². The van der Waals surface area contributed by atoms with Crippen molar-refractivity contribution in [2.45, 2.75) is 13.5 Å². The van der Waals surface area contributed by atoms with Gasteiger partial charge in [0.15, 0.2) is 5.76 Å². The summed E-state index contributed by atoms with van der Waals surface area (Å²) >= 11 is 0. The topological polar surface area (TPSA) is 53.0 Å². The van der Waals surface area contributed by atoms with E-state index in [0.717, 1.165) is 31.9 Å². The minimum absolute atomic E-state index is 0.0381.